The Bertz CT molecular complexity index is 385. The molecule has 0 radical (unpaired) electrons. The van der Waals surface area contributed by atoms with Gasteiger partial charge in [-0.1, -0.05) is 0 Å². The number of hydrogen-bond donors (Lipinski definition) is 2. The Kier molecular flexibility index (Phi) is 3.99. The molecule has 5 nitrogen and oxygen atoms in total. The van der Waals surface area contributed by atoms with E-state index in [0.29, 0.717) is 16.0 Å². The van der Waals surface area contributed by atoms with E-state index in [2.05, 4.69) is 5.32 Å². The molecule has 0 fully saturated rings. The molecule has 0 aliphatic heterocycles. The fraction of sp³-hybridized carbons (Fsp3) is 0.222. The molecule has 0 unspecified atom stereocenters. The van der Waals surface area contributed by atoms with E-state index in [1.807, 2.05) is 0 Å². The fourth-order valence-electron chi connectivity index (χ4n) is 0.908. The molecule has 1 rings (SSSR count). The number of carbonyl (C=O) groups excluding carboxylic acids is 2. The van der Waals surface area contributed by atoms with Gasteiger partial charge in [-0.25, -0.2) is 0 Å². The number of hydrogen-bond acceptors (Lipinski definition) is 4. The maximum Gasteiger partial charge on any atom is 0.305 e. The van der Waals surface area contributed by atoms with Gasteiger partial charge in [-0.2, -0.15) is 0 Å². The first-order chi connectivity index (χ1) is 7.13. The van der Waals surface area contributed by atoms with E-state index >= 15 is 0 Å². The predicted octanol–water partition coefficient (Wildman–Crippen LogP) is 0.765. The average Bonchev–Trinajstić information content (AvgIpc) is 2.65. The summed E-state index contributed by atoms with van der Waals surface area (Å²) in [5.41, 5.74) is 0. The van der Waals surface area contributed by atoms with E-state index in [0.717, 1.165) is 11.3 Å². The van der Waals surface area contributed by atoms with E-state index < -0.39 is 5.97 Å². The molecule has 2 N–H and O–H groups in total. The number of thiophene rings is 1. The fourth-order valence-corrected chi connectivity index (χ4v) is 1.65. The smallest absolute Gasteiger partial charge is 0.305 e. The quantitative estimate of drug-likeness (QED) is 0.727. The first-order valence-electron chi connectivity index (χ1n) is 4.18. The van der Waals surface area contributed by atoms with Crippen LogP contribution in [-0.2, 0) is 4.79 Å². The predicted molar refractivity (Wildman–Crippen MR) is 54.3 cm³/mol. The summed E-state index contributed by atoms with van der Waals surface area (Å²) in [7, 11) is 0. The molecule has 0 bridgehead atoms. The summed E-state index contributed by atoms with van der Waals surface area (Å²) in [6.07, 6.45) is 0.552. The van der Waals surface area contributed by atoms with Crippen LogP contribution in [0.15, 0.2) is 12.1 Å². The molecule has 1 heterocycles. The number of nitrogens with one attached hydrogen (secondary N) is 1. The molecule has 1 aromatic rings. The van der Waals surface area contributed by atoms with Crippen molar-refractivity contribution in [3.05, 3.63) is 21.9 Å². The molecule has 0 aromatic carbocycles. The van der Waals surface area contributed by atoms with Gasteiger partial charge in [-0.05, 0) is 12.1 Å². The van der Waals surface area contributed by atoms with Crippen LogP contribution in [0.3, 0.4) is 0 Å². The largest absolute Gasteiger partial charge is 0.481 e. The van der Waals surface area contributed by atoms with Gasteiger partial charge in [-0.15, -0.1) is 11.3 Å². The van der Waals surface area contributed by atoms with Crippen molar-refractivity contribution in [2.75, 3.05) is 6.54 Å². The maximum absolute atomic E-state index is 11.3. The first kappa shape index (κ1) is 11.4. The van der Waals surface area contributed by atoms with Crippen molar-refractivity contribution in [1.82, 2.24) is 5.32 Å². The molecule has 15 heavy (non-hydrogen) atoms. The summed E-state index contributed by atoms with van der Waals surface area (Å²) >= 11 is 1.07. The number of aliphatic carboxylic acids is 1. The number of carboxylic acid groups (broad SMARTS) is 1. The molecule has 0 saturated heterocycles. The van der Waals surface area contributed by atoms with Crippen LogP contribution in [0.25, 0.3) is 0 Å². The van der Waals surface area contributed by atoms with Gasteiger partial charge < -0.3 is 10.4 Å². The standard InChI is InChI=1S/C9H9NO4S/c11-5-6-1-2-7(15-6)9(14)10-4-3-8(12)13/h1-2,5H,3-4H2,(H,10,14)(H,12,13). The second-order valence-electron chi connectivity index (χ2n) is 2.72. The minimum Gasteiger partial charge on any atom is -0.481 e. The summed E-state index contributed by atoms with van der Waals surface area (Å²) in [5, 5.41) is 10.8. The Balaban J connectivity index is 2.46. The normalized spacial score (nSPS) is 9.60. The molecular weight excluding hydrogens is 218 g/mol. The van der Waals surface area contributed by atoms with Gasteiger partial charge in [0.15, 0.2) is 6.29 Å². The molecule has 0 aliphatic carbocycles. The van der Waals surface area contributed by atoms with Gasteiger partial charge in [0.25, 0.3) is 5.91 Å². The van der Waals surface area contributed by atoms with Crippen molar-refractivity contribution in [2.45, 2.75) is 6.42 Å². The van der Waals surface area contributed by atoms with E-state index in [1.165, 1.54) is 6.07 Å². The van der Waals surface area contributed by atoms with Crippen molar-refractivity contribution in [1.29, 1.82) is 0 Å². The van der Waals surface area contributed by atoms with E-state index in [9.17, 15) is 14.4 Å². The van der Waals surface area contributed by atoms with Crippen molar-refractivity contribution in [3.63, 3.8) is 0 Å². The molecule has 80 valence electrons. The van der Waals surface area contributed by atoms with Crippen LogP contribution in [0, 0.1) is 0 Å². The van der Waals surface area contributed by atoms with Gasteiger partial charge in [0.05, 0.1) is 16.2 Å². The monoisotopic (exact) mass is 227 g/mol. The van der Waals surface area contributed by atoms with Crippen molar-refractivity contribution in [2.24, 2.45) is 0 Å². The Morgan fingerprint density at radius 1 is 1.47 bits per heavy atom. The van der Waals surface area contributed by atoms with Gasteiger partial charge in [-0.3, -0.25) is 14.4 Å². The lowest BCUT2D eigenvalue weighted by Gasteiger charge is -1.99. The van der Waals surface area contributed by atoms with Crippen molar-refractivity contribution >= 4 is 29.5 Å². The second-order valence-corrected chi connectivity index (χ2v) is 3.83. The summed E-state index contributed by atoms with van der Waals surface area (Å²) in [5.74, 6) is -1.32. The second kappa shape index (κ2) is 5.26. The molecular formula is C9H9NO4S. The molecule has 0 spiro atoms. The van der Waals surface area contributed by atoms with Crippen LogP contribution < -0.4 is 5.32 Å². The molecule has 1 amide bonds. The molecule has 0 saturated carbocycles. The third kappa shape index (κ3) is 3.51. The molecule has 1 aromatic heterocycles. The van der Waals surface area contributed by atoms with Crippen molar-refractivity contribution in [3.8, 4) is 0 Å². The van der Waals surface area contributed by atoms with Crippen molar-refractivity contribution < 1.29 is 19.5 Å². The Morgan fingerprint density at radius 2 is 2.20 bits per heavy atom. The number of rotatable bonds is 5. The van der Waals surface area contributed by atoms with Crippen LogP contribution >= 0.6 is 11.3 Å². The minimum atomic E-state index is -0.963. The highest BCUT2D eigenvalue weighted by Crippen LogP contribution is 2.13. The summed E-state index contributed by atoms with van der Waals surface area (Å²) in [4.78, 5) is 32.7. The van der Waals surface area contributed by atoms with Crippen LogP contribution in [0.5, 0.6) is 0 Å². The Hall–Kier alpha value is -1.69. The lowest BCUT2D eigenvalue weighted by Crippen LogP contribution is -2.25. The van der Waals surface area contributed by atoms with Gasteiger partial charge in [0.2, 0.25) is 0 Å². The lowest BCUT2D eigenvalue weighted by atomic mass is 10.4. The van der Waals surface area contributed by atoms with Crippen LogP contribution in [0.2, 0.25) is 0 Å². The van der Waals surface area contributed by atoms with Gasteiger partial charge >= 0.3 is 5.97 Å². The zero-order valence-electron chi connectivity index (χ0n) is 7.73. The number of amides is 1. The number of aldehydes is 1. The summed E-state index contributed by atoms with van der Waals surface area (Å²) in [6.45, 7) is 0.0858. The van der Waals surface area contributed by atoms with Gasteiger partial charge in [0, 0.05) is 6.54 Å². The molecule has 6 heteroatoms. The third-order valence-corrected chi connectivity index (χ3v) is 2.60. The van der Waals surface area contributed by atoms with Gasteiger partial charge in [0.1, 0.15) is 0 Å². The topological polar surface area (TPSA) is 83.5 Å². The molecule has 0 atom stereocenters. The van der Waals surface area contributed by atoms with Crippen LogP contribution in [-0.4, -0.2) is 29.8 Å². The van der Waals surface area contributed by atoms with E-state index in [1.54, 1.807) is 6.07 Å². The SMILES string of the molecule is O=Cc1ccc(C(=O)NCCC(=O)O)s1. The average molecular weight is 227 g/mol. The summed E-state index contributed by atoms with van der Waals surface area (Å²) < 4.78 is 0. The third-order valence-electron chi connectivity index (χ3n) is 1.59. The zero-order valence-corrected chi connectivity index (χ0v) is 8.54. The maximum atomic E-state index is 11.3. The first-order valence-corrected chi connectivity index (χ1v) is 5.00. The highest BCUT2D eigenvalue weighted by atomic mass is 32.1. The van der Waals surface area contributed by atoms with E-state index in [-0.39, 0.29) is 18.9 Å². The Morgan fingerprint density at radius 3 is 2.73 bits per heavy atom. The highest BCUT2D eigenvalue weighted by Gasteiger charge is 2.08. The minimum absolute atomic E-state index is 0.0858. The Labute approximate surface area is 89.7 Å². The molecule has 0 aliphatic rings. The highest BCUT2D eigenvalue weighted by molar-refractivity contribution is 7.15. The van der Waals surface area contributed by atoms with Crippen LogP contribution in [0.1, 0.15) is 25.8 Å². The number of carbonyl (C=O) groups is 3. The van der Waals surface area contributed by atoms with E-state index in [4.69, 9.17) is 5.11 Å². The lowest BCUT2D eigenvalue weighted by molar-refractivity contribution is -0.136. The zero-order chi connectivity index (χ0) is 11.3. The van der Waals surface area contributed by atoms with Crippen LogP contribution in [0.4, 0.5) is 0 Å². The summed E-state index contributed by atoms with van der Waals surface area (Å²) in [6, 6.07) is 3.08. The number of carboxylic acids is 1.